The van der Waals surface area contributed by atoms with Gasteiger partial charge in [0.15, 0.2) is 0 Å². The SMILES string of the molecule is Cl[C-](Cl)Cl.[Au+3].[CH2-]P([CH2-])(Cl)(c1ccccc1)c1ccccc1.[CH2-]P([CH2-])(Cl)(c1ccccc1)c1ccccc1.[Cl][Au]. The van der Waals surface area contributed by atoms with Crippen LogP contribution in [0.4, 0.5) is 0 Å². The summed E-state index contributed by atoms with van der Waals surface area (Å²) in [6.07, 6.45) is 0. The average molecular weight is 1050 g/mol. The summed E-state index contributed by atoms with van der Waals surface area (Å²) in [7, 11) is 4.58. The second kappa shape index (κ2) is 17.9. The van der Waals surface area contributed by atoms with Crippen molar-refractivity contribution in [2.75, 3.05) is 0 Å². The molecule has 0 aliphatic heterocycles. The van der Waals surface area contributed by atoms with Gasteiger partial charge in [0, 0.05) is 0 Å². The Balaban J connectivity index is 0.000000605. The van der Waals surface area contributed by atoms with Crippen LogP contribution in [0.2, 0.25) is 0 Å². The molecule has 0 saturated carbocycles. The van der Waals surface area contributed by atoms with Gasteiger partial charge in [0.1, 0.15) is 0 Å². The molecule has 0 atom stereocenters. The first-order valence-electron chi connectivity index (χ1n) is 10.8. The van der Waals surface area contributed by atoms with Crippen molar-refractivity contribution in [3.05, 3.63) is 152 Å². The van der Waals surface area contributed by atoms with Crippen LogP contribution in [0.3, 0.4) is 0 Å². The Kier molecular flexibility index (Phi) is 18.4. The van der Waals surface area contributed by atoms with Crippen LogP contribution in [0, 0.1) is 31.0 Å². The van der Waals surface area contributed by atoms with Crippen molar-refractivity contribution >= 4 is 99.6 Å². The van der Waals surface area contributed by atoms with Gasteiger partial charge < -0.3 is 34.8 Å². The van der Waals surface area contributed by atoms with Gasteiger partial charge in [-0.1, -0.05) is 4.30 Å². The van der Waals surface area contributed by atoms with Gasteiger partial charge in [-0.25, -0.2) is 0 Å². The molecule has 0 aliphatic carbocycles. The summed E-state index contributed by atoms with van der Waals surface area (Å²) in [5.74, 6) is -5.92. The molecule has 0 unspecified atom stereocenters. The van der Waals surface area contributed by atoms with Gasteiger partial charge in [0.2, 0.25) is 0 Å². The van der Waals surface area contributed by atoms with E-state index in [1.54, 1.807) is 20.0 Å². The summed E-state index contributed by atoms with van der Waals surface area (Å²) >= 11 is 29.4. The summed E-state index contributed by atoms with van der Waals surface area (Å²) in [4.78, 5) is 0. The van der Waals surface area contributed by atoms with Crippen molar-refractivity contribution in [3.63, 3.8) is 0 Å². The van der Waals surface area contributed by atoms with E-state index in [9.17, 15) is 0 Å². The standard InChI is InChI=1S/2C14H14ClP.CCl3.2Au.ClH/c2*1-16(2,15,13-9-5-3-6-10-13)14-11-7-4-8-12-14;2-1(3)4;;;/h2*3-12H,1-2H2;;;;1H/q2*-2;-1;+1;+3;/p-1. The molecule has 0 radical (unpaired) electrons. The molecule has 0 spiro atoms. The van der Waals surface area contributed by atoms with E-state index in [1.807, 2.05) is 121 Å². The summed E-state index contributed by atoms with van der Waals surface area (Å²) in [6.45, 7) is 16.9. The molecule has 0 aromatic heterocycles. The van der Waals surface area contributed by atoms with Crippen molar-refractivity contribution < 1.29 is 42.4 Å². The molecule has 0 saturated heterocycles. The van der Waals surface area contributed by atoms with Gasteiger partial charge in [0.05, 0.1) is 0 Å². The quantitative estimate of drug-likeness (QED) is 0.109. The van der Waals surface area contributed by atoms with Crippen molar-refractivity contribution in [3.8, 4) is 0 Å². The van der Waals surface area contributed by atoms with Crippen LogP contribution in [0.25, 0.3) is 0 Å². The Morgan fingerprint density at radius 2 is 0.564 bits per heavy atom. The van der Waals surface area contributed by atoms with Gasteiger partial charge in [-0.05, 0) is 0 Å². The van der Waals surface area contributed by atoms with E-state index in [-0.39, 0.29) is 26.7 Å². The van der Waals surface area contributed by atoms with E-state index >= 15 is 0 Å². The number of halogens is 6. The fourth-order valence-electron chi connectivity index (χ4n) is 3.38. The molecule has 0 N–H and O–H groups in total. The Hall–Kier alpha value is 0.961. The van der Waals surface area contributed by atoms with Crippen molar-refractivity contribution in [1.29, 1.82) is 0 Å². The molecule has 0 amide bonds. The molecule has 0 bridgehead atoms. The van der Waals surface area contributed by atoms with Crippen LogP contribution in [0.5, 0.6) is 0 Å². The Bertz CT molecular complexity index is 1010. The van der Waals surface area contributed by atoms with Crippen LogP contribution >= 0.6 is 78.4 Å². The van der Waals surface area contributed by atoms with Gasteiger partial charge in [0.25, 0.3) is 0 Å². The van der Waals surface area contributed by atoms with Gasteiger partial charge in [-0.15, -0.1) is 0 Å². The minimum absolute atomic E-state index is 0. The summed E-state index contributed by atoms with van der Waals surface area (Å²) in [5, 5.41) is 4.06. The first-order chi connectivity index (χ1) is 17.7. The van der Waals surface area contributed by atoms with E-state index in [2.05, 4.69) is 35.8 Å². The molecule has 4 aromatic rings. The molecule has 10 heteroatoms. The van der Waals surface area contributed by atoms with E-state index < -0.39 is 11.9 Å². The molecule has 0 nitrogen and oxygen atoms in total. The van der Waals surface area contributed by atoms with Crippen LogP contribution in [0.1, 0.15) is 0 Å². The summed E-state index contributed by atoms with van der Waals surface area (Å²) in [5.41, 5.74) is 0. The third kappa shape index (κ3) is 12.6. The summed E-state index contributed by atoms with van der Waals surface area (Å²) < 4.78 is -0.167. The molecule has 4 rings (SSSR count). The number of hydrogen-bond acceptors (Lipinski definition) is 0. The molecule has 0 heterocycles. The maximum absolute atomic E-state index is 6.75. The zero-order valence-electron chi connectivity index (χ0n) is 20.6. The molecular weight excluding hydrogens is 1020 g/mol. The summed E-state index contributed by atoms with van der Waals surface area (Å²) in [6, 6.07) is 39.6. The second-order valence-corrected chi connectivity index (χ2v) is 22.5. The molecule has 0 aliphatic rings. The van der Waals surface area contributed by atoms with Gasteiger partial charge in [-0.3, -0.25) is 0 Å². The number of benzene rings is 4. The Morgan fingerprint density at radius 1 is 0.436 bits per heavy atom. The fraction of sp³-hybridized carbons (Fsp3) is 0. The van der Waals surface area contributed by atoms with Crippen molar-refractivity contribution in [2.45, 2.75) is 0 Å². The Labute approximate surface area is 291 Å². The van der Waals surface area contributed by atoms with Crippen LogP contribution in [0.15, 0.2) is 121 Å². The number of rotatable bonds is 4. The van der Waals surface area contributed by atoms with E-state index in [1.165, 1.54) is 0 Å². The van der Waals surface area contributed by atoms with E-state index in [0.717, 1.165) is 21.2 Å². The zero-order valence-corrected chi connectivity index (χ0v) is 31.3. The molecule has 0 fully saturated rings. The molecule has 39 heavy (non-hydrogen) atoms. The van der Waals surface area contributed by atoms with Crippen molar-refractivity contribution in [1.82, 2.24) is 0 Å². The van der Waals surface area contributed by atoms with Crippen LogP contribution in [-0.4, -0.2) is 0 Å². The maximum atomic E-state index is 6.75. The van der Waals surface area contributed by atoms with E-state index in [4.69, 9.17) is 57.3 Å². The second-order valence-electron chi connectivity index (χ2n) is 8.31. The third-order valence-electron chi connectivity index (χ3n) is 5.39. The topological polar surface area (TPSA) is 0 Å². The van der Waals surface area contributed by atoms with E-state index in [0.29, 0.717) is 0 Å². The van der Waals surface area contributed by atoms with Gasteiger partial charge >= 0.3 is 255 Å². The first-order valence-corrected chi connectivity index (χ1v) is 21.7. The van der Waals surface area contributed by atoms with Crippen LogP contribution < -0.4 is 21.2 Å². The third-order valence-corrected chi connectivity index (χ3v) is 13.7. The van der Waals surface area contributed by atoms with Crippen molar-refractivity contribution in [2.24, 2.45) is 0 Å². The predicted octanol–water partition coefficient (Wildman–Crippen LogP) is 10.7. The monoisotopic (exact) mass is 1040 g/mol. The normalized spacial score (nSPS) is 12.6. The Morgan fingerprint density at radius 3 is 0.692 bits per heavy atom. The fourth-order valence-corrected chi connectivity index (χ4v) is 8.75. The zero-order chi connectivity index (χ0) is 28.9. The molecular formula is C29H28Au2Cl6P2-2. The van der Waals surface area contributed by atoms with Gasteiger partial charge in [-0.2, -0.15) is 0 Å². The molecule has 4 aromatic carbocycles. The first kappa shape index (κ1) is 40.0. The van der Waals surface area contributed by atoms with Crippen LogP contribution in [-0.2, 0) is 42.4 Å². The number of hydrogen-bond donors (Lipinski definition) is 0. The average Bonchev–Trinajstić information content (AvgIpc) is 2.92. The minimum atomic E-state index is -2.96. The predicted molar refractivity (Wildman–Crippen MR) is 178 cm³/mol. The molecule has 220 valence electrons.